The fourth-order valence-electron chi connectivity index (χ4n) is 14.0. The maximum Gasteiger partial charge on any atom is 0.407 e. The van der Waals surface area contributed by atoms with Crippen LogP contribution in [0, 0.1) is 34.6 Å². The van der Waals surface area contributed by atoms with Crippen molar-refractivity contribution in [2.45, 2.75) is 200 Å². The lowest BCUT2D eigenvalue weighted by molar-refractivity contribution is -0.142. The number of esters is 1. The van der Waals surface area contributed by atoms with Crippen LogP contribution in [0.2, 0.25) is 0 Å². The highest BCUT2D eigenvalue weighted by Gasteiger charge is 2.54. The number of carbonyl (C=O) groups excluding carboxylic acids is 2. The van der Waals surface area contributed by atoms with Crippen LogP contribution >= 0.6 is 15.9 Å². The summed E-state index contributed by atoms with van der Waals surface area (Å²) >= 11 is 3.45. The average Bonchev–Trinajstić information content (AvgIpc) is 1.64. The molecule has 0 aromatic heterocycles. The van der Waals surface area contributed by atoms with Gasteiger partial charge in [-0.1, -0.05) is 189 Å². The monoisotopic (exact) mass is 1960 g/mol. The molecule has 7 aromatic rings. The Kier molecular flexibility index (Phi) is 37.2. The molecule has 7 aromatic carbocycles. The van der Waals surface area contributed by atoms with Gasteiger partial charge in [0.1, 0.15) is 129 Å². The molecule has 20 atom stereocenters. The van der Waals surface area contributed by atoms with Gasteiger partial charge in [0.25, 0.3) is 50.6 Å². The van der Waals surface area contributed by atoms with Gasteiger partial charge in [-0.2, -0.15) is 42.1 Å². The van der Waals surface area contributed by atoms with Gasteiger partial charge in [0.05, 0.1) is 102 Å². The van der Waals surface area contributed by atoms with E-state index < -0.39 is 149 Å². The lowest BCUT2D eigenvalue weighted by atomic mass is 10.1. The maximum absolute atomic E-state index is 12.6. The van der Waals surface area contributed by atoms with E-state index in [9.17, 15) is 67.0 Å². The number of alkyl carbamates (subject to hydrolysis) is 1. The molecule has 10 heterocycles. The van der Waals surface area contributed by atoms with E-state index in [1.165, 1.54) is 55.5 Å². The maximum atomic E-state index is 12.6. The van der Waals surface area contributed by atoms with Crippen LogP contribution in [0.25, 0.3) is 0 Å². The zero-order valence-electron chi connectivity index (χ0n) is 71.1. The number of aryl methyl sites for hydroxylation is 5. The van der Waals surface area contributed by atoms with E-state index in [2.05, 4.69) is 21.2 Å². The molecule has 41 heteroatoms. The van der Waals surface area contributed by atoms with Crippen LogP contribution in [0.3, 0.4) is 0 Å². The first-order valence-electron chi connectivity index (χ1n) is 41.0. The first-order chi connectivity index (χ1) is 61.5. The fourth-order valence-corrected chi connectivity index (χ4v) is 20.0. The van der Waals surface area contributed by atoms with Gasteiger partial charge in [0.15, 0.2) is 0 Å². The van der Waals surface area contributed by atoms with Crippen LogP contribution < -0.4 is 5.32 Å². The molecule has 129 heavy (non-hydrogen) atoms. The summed E-state index contributed by atoms with van der Waals surface area (Å²) in [5.41, 5.74) is 6.70. The largest absolute Gasteiger partial charge is 0.461 e. The molecular weight excluding hydrogens is 1860 g/mol. The van der Waals surface area contributed by atoms with Gasteiger partial charge in [0, 0.05) is 13.5 Å². The number of aliphatic hydroxyl groups is 5. The molecule has 0 radical (unpaired) electrons. The quantitative estimate of drug-likeness (QED) is 0.0167. The molecule has 10 aliphatic rings. The Morgan fingerprint density at radius 2 is 0.682 bits per heavy atom. The number of rotatable bonds is 24. The first kappa shape index (κ1) is 102. The highest BCUT2D eigenvalue weighted by molar-refractivity contribution is 9.09. The third kappa shape index (κ3) is 29.1. The van der Waals surface area contributed by atoms with Crippen LogP contribution in [0.1, 0.15) is 45.9 Å². The minimum Gasteiger partial charge on any atom is -0.461 e. The molecule has 704 valence electrons. The molecule has 17 rings (SSSR count). The standard InChI is InChI=1S/C20H22O8S2.C14H17NO4.C13H15BrO5S.C13H16O6S.C13H16O5S.C9H10O2.C6H10O4/c1-13-3-7-15(8-4-13)29(21,22)27-17-11-25-20-18(12-26-19(17)20)28-30(23,24)16-9-5-14(2)6-10-16;16-12(13-7-4-8-18-13)9-15-14(17)19-10-11-5-2-1-3-6-11;2*1-8-2-4-9(5-3-8)20(15,16)19-11-7-18-12-10(14)6-17-13(11)12;1-10-4-6-11(7-5-10)19(15,16)18-13(9-14)12-3-2-8-17-12;1-8(10)11-7-9-5-3-2-4-6-9;7-3-1-9-6-4(8)2-10-5(3)6/h3-10,17-20H,11-12H2,1-2H3;1-7,12-13,16H,8-10H2,(H,15,17);2-5,10-13H,6-7H2,1H3;2-5,10-14H,6-7H2,1H3;2-7,12-14H,8-9H2,1H3;2-6H,7H2,1H3;3-8H,1-2H2/t17-,18-,19-,20-;12-,13-;10-,11+,12+,13+;10-,11-,12-,13-;12-,13+;;3-,4-,5-,6-/m10010.1/s1. The molecular formula is C88H106BrNO34S5. The molecule has 0 bridgehead atoms. The number of carbonyl (C=O) groups is 2. The number of nitrogens with one attached hydrogen (secondary N) is 1. The molecule has 8 saturated heterocycles. The van der Waals surface area contributed by atoms with E-state index in [0.717, 1.165) is 38.9 Å². The van der Waals surface area contributed by atoms with E-state index in [1.54, 1.807) is 91.0 Å². The van der Waals surface area contributed by atoms with Crippen LogP contribution in [-0.2, 0) is 146 Å². The third-order valence-electron chi connectivity index (χ3n) is 21.0. The second kappa shape index (κ2) is 47.2. The summed E-state index contributed by atoms with van der Waals surface area (Å²) in [5, 5.41) is 49.4. The van der Waals surface area contributed by atoms with E-state index >= 15 is 0 Å². The van der Waals surface area contributed by atoms with Gasteiger partial charge in [-0.3, -0.25) is 25.7 Å². The Morgan fingerprint density at radius 1 is 0.388 bits per heavy atom. The van der Waals surface area contributed by atoms with Crippen molar-refractivity contribution >= 4 is 78.6 Å². The normalized spacial score (nSPS) is 27.3. The topological polar surface area (TPSA) is 475 Å². The van der Waals surface area contributed by atoms with Gasteiger partial charge < -0.3 is 87.7 Å². The number of alkyl halides is 1. The van der Waals surface area contributed by atoms with Crippen molar-refractivity contribution in [2.75, 3.05) is 79.2 Å². The molecule has 0 spiro atoms. The smallest absolute Gasteiger partial charge is 0.407 e. The Balaban J connectivity index is 0.000000149. The molecule has 6 N–H and O–H groups in total. The summed E-state index contributed by atoms with van der Waals surface area (Å²) in [6, 6.07) is 50.9. The van der Waals surface area contributed by atoms with Crippen molar-refractivity contribution in [3.05, 3.63) is 245 Å². The third-order valence-corrected chi connectivity index (χ3v) is 28.5. The van der Waals surface area contributed by atoms with Crippen LogP contribution in [-0.4, -0.2) is 280 Å². The van der Waals surface area contributed by atoms with Crippen molar-refractivity contribution in [2.24, 2.45) is 0 Å². The zero-order valence-corrected chi connectivity index (χ0v) is 76.7. The summed E-state index contributed by atoms with van der Waals surface area (Å²) in [6.07, 6.45) is -4.60. The van der Waals surface area contributed by atoms with E-state index in [1.807, 2.05) is 101 Å². The highest BCUT2D eigenvalue weighted by Crippen LogP contribution is 2.37. The minimum atomic E-state index is -4.02. The van der Waals surface area contributed by atoms with E-state index in [-0.39, 0.29) is 125 Å². The Bertz CT molecular complexity index is 5190. The van der Waals surface area contributed by atoms with Gasteiger partial charge in [-0.15, -0.1) is 0 Å². The molecule has 1 amide bonds. The van der Waals surface area contributed by atoms with Gasteiger partial charge >= 0.3 is 12.1 Å². The Labute approximate surface area is 758 Å². The second-order valence-electron chi connectivity index (χ2n) is 31.0. The van der Waals surface area contributed by atoms with Gasteiger partial charge in [-0.25, -0.2) is 4.79 Å². The fraction of sp³-hybridized carbons (Fsp3) is 0.455. The average molecular weight is 1960 g/mol. The molecule has 0 saturated carbocycles. The second-order valence-corrected chi connectivity index (χ2v) is 40.1. The molecule has 0 aliphatic carbocycles. The van der Waals surface area contributed by atoms with Gasteiger partial charge in [-0.05, 0) is 106 Å². The summed E-state index contributed by atoms with van der Waals surface area (Å²) < 4.78 is 213. The summed E-state index contributed by atoms with van der Waals surface area (Å²) in [7, 11) is -19.6. The molecule has 0 unspecified atom stereocenters. The molecule has 8 fully saturated rings. The predicted molar refractivity (Wildman–Crippen MR) is 462 cm³/mol. The number of ether oxygens (including phenoxy) is 12. The summed E-state index contributed by atoms with van der Waals surface area (Å²) in [5.74, 6) is -0.242. The van der Waals surface area contributed by atoms with Crippen molar-refractivity contribution in [3.63, 3.8) is 0 Å². The number of benzene rings is 7. The van der Waals surface area contributed by atoms with Gasteiger partial charge in [0.2, 0.25) is 0 Å². The number of hydrogen-bond donors (Lipinski definition) is 6. The zero-order chi connectivity index (χ0) is 92.8. The van der Waals surface area contributed by atoms with Crippen molar-refractivity contribution in [3.8, 4) is 0 Å². The number of aliphatic hydroxyl groups excluding tert-OH is 5. The van der Waals surface area contributed by atoms with Crippen molar-refractivity contribution in [1.82, 2.24) is 5.32 Å². The van der Waals surface area contributed by atoms with E-state index in [4.69, 9.17) is 88.0 Å². The van der Waals surface area contributed by atoms with Crippen molar-refractivity contribution in [1.29, 1.82) is 0 Å². The number of amides is 1. The van der Waals surface area contributed by atoms with Crippen molar-refractivity contribution < 1.29 is 155 Å². The lowest BCUT2D eigenvalue weighted by Gasteiger charge is -2.20. The van der Waals surface area contributed by atoms with Crippen LogP contribution in [0.4, 0.5) is 4.79 Å². The lowest BCUT2D eigenvalue weighted by Crippen LogP contribution is -2.38. The van der Waals surface area contributed by atoms with Crippen LogP contribution in [0.15, 0.2) is 231 Å². The number of fused-ring (bicyclic) bond motifs is 4. The Morgan fingerprint density at radius 3 is 1.03 bits per heavy atom. The summed E-state index contributed by atoms with van der Waals surface area (Å²) in [6.45, 7) is 13.3. The number of hydrogen-bond acceptors (Lipinski definition) is 34. The van der Waals surface area contributed by atoms with Crippen LogP contribution in [0.5, 0.6) is 0 Å². The molecule has 10 aliphatic heterocycles. The molecule has 35 nitrogen and oxygen atoms in total. The predicted octanol–water partition coefficient (Wildman–Crippen LogP) is 6.31. The highest BCUT2D eigenvalue weighted by atomic mass is 79.9. The van der Waals surface area contributed by atoms with E-state index in [0.29, 0.717) is 26.4 Å². The summed E-state index contributed by atoms with van der Waals surface area (Å²) in [4.78, 5) is 22.3. The first-order valence-corrected chi connectivity index (χ1v) is 49.0. The SMILES string of the molecule is CC(=O)OCc1ccccc1.Cc1ccc(S(=O)(=O)O[C@@H]2CO[C@H]3[C@@H]2OC[C@@H]3Br)cc1.Cc1ccc(S(=O)(=O)O[C@@H]2CO[C@H]3[C@@H]2OC[C@H]3O)cc1.Cc1ccc(S(=O)(=O)O[C@@H]2CO[C@H]3[C@@H]2OC[C@H]3OS(=O)(=O)c2ccc(C)cc2)cc1.Cc1ccc(S(=O)(=O)O[C@H](CO)[C@@H]2C=CCO2)cc1.O=C(NC[C@H](O)[C@@H]1C=CCO1)OCc1ccccc1.O[C@@H]1CO[C@H]2[C@@H]1OC[C@H]2O. The minimum absolute atomic E-state index is 0.0318. The Hall–Kier alpha value is -7.81. The number of halogens is 1.